The predicted octanol–water partition coefficient (Wildman–Crippen LogP) is 2.42. The number of fused-ring (bicyclic) bond motifs is 1. The molecule has 0 aliphatic carbocycles. The molecular formula is C14H17N5. The number of nitrogen functional groups attached to an aromatic ring is 1. The Morgan fingerprint density at radius 2 is 2.05 bits per heavy atom. The lowest BCUT2D eigenvalue weighted by molar-refractivity contribution is 0.666. The molecule has 0 aromatic carbocycles. The molecule has 3 rings (SSSR count). The van der Waals surface area contributed by atoms with Gasteiger partial charge >= 0.3 is 0 Å². The van der Waals surface area contributed by atoms with Crippen molar-refractivity contribution in [2.75, 3.05) is 5.73 Å². The molecular weight excluding hydrogens is 238 g/mol. The SMILES string of the molecule is CCn1nccc1-c1nc2cc(C)cc(C)n2c1N. The summed E-state index contributed by atoms with van der Waals surface area (Å²) in [5.74, 6) is 0.669. The van der Waals surface area contributed by atoms with Crippen molar-refractivity contribution in [1.29, 1.82) is 0 Å². The van der Waals surface area contributed by atoms with Crippen LogP contribution >= 0.6 is 0 Å². The summed E-state index contributed by atoms with van der Waals surface area (Å²) in [5, 5.41) is 4.27. The van der Waals surface area contributed by atoms with Gasteiger partial charge in [0.1, 0.15) is 17.2 Å². The Morgan fingerprint density at radius 3 is 2.79 bits per heavy atom. The Morgan fingerprint density at radius 1 is 1.26 bits per heavy atom. The Balaban J connectivity index is 2.32. The van der Waals surface area contributed by atoms with Gasteiger partial charge in [-0.15, -0.1) is 0 Å². The average molecular weight is 255 g/mol. The highest BCUT2D eigenvalue weighted by Crippen LogP contribution is 2.27. The smallest absolute Gasteiger partial charge is 0.139 e. The van der Waals surface area contributed by atoms with Gasteiger partial charge in [-0.1, -0.05) is 0 Å². The standard InChI is InChI=1S/C14H17N5/c1-4-18-11(5-6-16-18)13-14(15)19-10(3)7-9(2)8-12(19)17-13/h5-8H,4,15H2,1-3H3. The number of rotatable bonds is 2. The molecule has 3 aromatic rings. The first kappa shape index (κ1) is 11.8. The molecule has 0 atom stereocenters. The molecule has 2 N–H and O–H groups in total. The summed E-state index contributed by atoms with van der Waals surface area (Å²) in [6, 6.07) is 6.09. The molecule has 0 amide bonds. The van der Waals surface area contributed by atoms with E-state index in [0.717, 1.165) is 29.3 Å². The van der Waals surface area contributed by atoms with Crippen molar-refractivity contribution in [2.24, 2.45) is 0 Å². The second kappa shape index (κ2) is 4.12. The molecule has 0 unspecified atom stereocenters. The molecule has 98 valence electrons. The van der Waals surface area contributed by atoms with E-state index in [2.05, 4.69) is 30.0 Å². The van der Waals surface area contributed by atoms with Gasteiger partial charge < -0.3 is 5.73 Å². The van der Waals surface area contributed by atoms with Crippen LogP contribution in [0.15, 0.2) is 24.4 Å². The van der Waals surface area contributed by atoms with E-state index in [0.29, 0.717) is 5.82 Å². The highest BCUT2D eigenvalue weighted by atomic mass is 15.3. The van der Waals surface area contributed by atoms with E-state index < -0.39 is 0 Å². The van der Waals surface area contributed by atoms with Crippen LogP contribution in [0.2, 0.25) is 0 Å². The summed E-state index contributed by atoms with van der Waals surface area (Å²) in [6.07, 6.45) is 1.78. The summed E-state index contributed by atoms with van der Waals surface area (Å²) in [7, 11) is 0. The summed E-state index contributed by atoms with van der Waals surface area (Å²) < 4.78 is 3.88. The van der Waals surface area contributed by atoms with Gasteiger partial charge in [-0.3, -0.25) is 9.08 Å². The van der Waals surface area contributed by atoms with Gasteiger partial charge in [0.05, 0.1) is 5.69 Å². The number of hydrogen-bond donors (Lipinski definition) is 1. The number of nitrogens with two attached hydrogens (primary N) is 1. The topological polar surface area (TPSA) is 61.1 Å². The molecule has 0 aliphatic heterocycles. The normalized spacial score (nSPS) is 11.3. The number of hydrogen-bond acceptors (Lipinski definition) is 3. The first-order chi connectivity index (χ1) is 9.11. The number of anilines is 1. The van der Waals surface area contributed by atoms with E-state index in [4.69, 9.17) is 5.73 Å². The van der Waals surface area contributed by atoms with Gasteiger partial charge in [0, 0.05) is 18.4 Å². The predicted molar refractivity (Wildman–Crippen MR) is 76.0 cm³/mol. The third-order valence-corrected chi connectivity index (χ3v) is 3.34. The van der Waals surface area contributed by atoms with Gasteiger partial charge in [0.2, 0.25) is 0 Å². The van der Waals surface area contributed by atoms with E-state index in [1.807, 2.05) is 28.1 Å². The minimum atomic E-state index is 0.669. The molecule has 0 saturated heterocycles. The van der Waals surface area contributed by atoms with Crippen LogP contribution < -0.4 is 5.73 Å². The van der Waals surface area contributed by atoms with E-state index in [9.17, 15) is 0 Å². The minimum Gasteiger partial charge on any atom is -0.383 e. The fourth-order valence-electron chi connectivity index (χ4n) is 2.53. The Bertz CT molecular complexity index is 751. The zero-order chi connectivity index (χ0) is 13.6. The molecule has 0 spiro atoms. The Kier molecular flexibility index (Phi) is 2.55. The van der Waals surface area contributed by atoms with Gasteiger partial charge in [0.25, 0.3) is 0 Å². The maximum absolute atomic E-state index is 6.26. The van der Waals surface area contributed by atoms with Crippen LogP contribution in [-0.4, -0.2) is 19.2 Å². The third-order valence-electron chi connectivity index (χ3n) is 3.34. The zero-order valence-corrected chi connectivity index (χ0v) is 11.4. The van der Waals surface area contributed by atoms with E-state index in [1.54, 1.807) is 6.20 Å². The molecule has 5 heteroatoms. The molecule has 0 saturated carbocycles. The van der Waals surface area contributed by atoms with Crippen LogP contribution in [0.5, 0.6) is 0 Å². The summed E-state index contributed by atoms with van der Waals surface area (Å²) in [5.41, 5.74) is 11.2. The van der Waals surface area contributed by atoms with Gasteiger partial charge in [-0.05, 0) is 44.5 Å². The quantitative estimate of drug-likeness (QED) is 0.765. The van der Waals surface area contributed by atoms with Crippen molar-refractivity contribution in [1.82, 2.24) is 19.2 Å². The van der Waals surface area contributed by atoms with Crippen LogP contribution in [0.25, 0.3) is 17.0 Å². The van der Waals surface area contributed by atoms with Gasteiger partial charge in [0.15, 0.2) is 0 Å². The molecule has 5 nitrogen and oxygen atoms in total. The maximum Gasteiger partial charge on any atom is 0.139 e. The molecule has 3 aromatic heterocycles. The van der Waals surface area contributed by atoms with Crippen LogP contribution in [0, 0.1) is 13.8 Å². The van der Waals surface area contributed by atoms with Crippen molar-refractivity contribution in [3.63, 3.8) is 0 Å². The minimum absolute atomic E-state index is 0.669. The van der Waals surface area contributed by atoms with Gasteiger partial charge in [-0.2, -0.15) is 5.10 Å². The van der Waals surface area contributed by atoms with Crippen molar-refractivity contribution in [3.05, 3.63) is 35.7 Å². The molecule has 0 radical (unpaired) electrons. The van der Waals surface area contributed by atoms with Crippen molar-refractivity contribution < 1.29 is 0 Å². The molecule has 19 heavy (non-hydrogen) atoms. The molecule has 0 bridgehead atoms. The summed E-state index contributed by atoms with van der Waals surface area (Å²) in [6.45, 7) is 6.96. The number of pyridine rings is 1. The largest absolute Gasteiger partial charge is 0.383 e. The maximum atomic E-state index is 6.26. The fourth-order valence-corrected chi connectivity index (χ4v) is 2.53. The first-order valence-corrected chi connectivity index (χ1v) is 6.39. The van der Waals surface area contributed by atoms with Crippen molar-refractivity contribution >= 4 is 11.5 Å². The second-order valence-electron chi connectivity index (χ2n) is 4.75. The van der Waals surface area contributed by atoms with Crippen molar-refractivity contribution in [2.45, 2.75) is 27.3 Å². The lowest BCUT2D eigenvalue weighted by Crippen LogP contribution is -2.02. The van der Waals surface area contributed by atoms with Crippen LogP contribution in [0.1, 0.15) is 18.2 Å². The number of imidazole rings is 1. The number of aromatic nitrogens is 4. The lowest BCUT2D eigenvalue weighted by atomic mass is 10.2. The van der Waals surface area contributed by atoms with Crippen molar-refractivity contribution in [3.8, 4) is 11.4 Å². The molecule has 0 aliphatic rings. The third kappa shape index (κ3) is 1.69. The average Bonchev–Trinajstić information content (AvgIpc) is 2.93. The summed E-state index contributed by atoms with van der Waals surface area (Å²) in [4.78, 5) is 4.66. The summed E-state index contributed by atoms with van der Waals surface area (Å²) >= 11 is 0. The van der Waals surface area contributed by atoms with E-state index >= 15 is 0 Å². The highest BCUT2D eigenvalue weighted by Gasteiger charge is 2.16. The Hall–Kier alpha value is -2.30. The number of aryl methyl sites for hydroxylation is 3. The Labute approximate surface area is 111 Å². The van der Waals surface area contributed by atoms with Crippen LogP contribution in [0.4, 0.5) is 5.82 Å². The first-order valence-electron chi connectivity index (χ1n) is 6.39. The van der Waals surface area contributed by atoms with Crippen LogP contribution in [0.3, 0.4) is 0 Å². The van der Waals surface area contributed by atoms with E-state index in [1.165, 1.54) is 5.56 Å². The number of nitrogens with zero attached hydrogens (tertiary/aromatic N) is 4. The lowest BCUT2D eigenvalue weighted by Gasteiger charge is -2.04. The van der Waals surface area contributed by atoms with Gasteiger partial charge in [-0.25, -0.2) is 4.98 Å². The molecule has 3 heterocycles. The highest BCUT2D eigenvalue weighted by molar-refractivity contribution is 5.73. The fraction of sp³-hybridized carbons (Fsp3) is 0.286. The zero-order valence-electron chi connectivity index (χ0n) is 11.4. The monoisotopic (exact) mass is 255 g/mol. The second-order valence-corrected chi connectivity index (χ2v) is 4.75. The van der Waals surface area contributed by atoms with E-state index in [-0.39, 0.29) is 0 Å². The molecule has 0 fully saturated rings. The van der Waals surface area contributed by atoms with Crippen LogP contribution in [-0.2, 0) is 6.54 Å².